The van der Waals surface area contributed by atoms with Crippen LogP contribution in [-0.4, -0.2) is 61.3 Å². The second-order valence-corrected chi connectivity index (χ2v) is 19.4. The zero-order chi connectivity index (χ0) is 52.5. The number of benzene rings is 8. The van der Waals surface area contributed by atoms with Gasteiger partial charge in [-0.2, -0.15) is 0 Å². The Balaban J connectivity index is 1.05. The lowest BCUT2D eigenvalue weighted by molar-refractivity contribution is 0.367. The highest BCUT2D eigenvalue weighted by atomic mass is 16.3. The summed E-state index contributed by atoms with van der Waals surface area (Å²) in [6.07, 6.45) is 7.97. The molecule has 8 rings (SSSR count). The van der Waals surface area contributed by atoms with Crippen molar-refractivity contribution in [2.45, 2.75) is 83.0 Å². The zero-order valence-corrected chi connectivity index (χ0v) is 40.9. The van der Waals surface area contributed by atoms with Crippen LogP contribution < -0.4 is 0 Å². The number of hydrogen-bond donors (Lipinski definition) is 12. The number of aromatic hydroxyl groups is 12. The first-order valence-corrected chi connectivity index (χ1v) is 24.8. The van der Waals surface area contributed by atoms with Crippen molar-refractivity contribution < 1.29 is 61.3 Å². The van der Waals surface area contributed by atoms with Crippen LogP contribution in [-0.2, 0) is 70.6 Å². The van der Waals surface area contributed by atoms with Gasteiger partial charge < -0.3 is 61.3 Å². The topological polar surface area (TPSA) is 243 Å². The molecule has 12 nitrogen and oxygen atoms in total. The Hall–Kier alpha value is -8.64. The molecule has 0 amide bonds. The molecule has 12 N–H and O–H groups in total. The standard InChI is InChI=1S/C62H62O12/c63-51-29-44(30-52(64)59(51)71)17-9-37-1-3-40(4-2-37)23-26-49(27-42-13-5-38(6-14-42)10-18-45-31-53(65)60(72)54(66)32-45)50(48-24-21-41(22-25-48)12-20-47-35-57(69)62(74)58(70)36-47)28-43-15-7-39(8-16-43)11-19-46-33-55(67)61(73)56(68)34-46/h1-8,13-16,21-22,24-25,29-36,49-50,63-74H,9-12,17-20,23,26-28H2/t49-,50+/m1/s1. The Kier molecular flexibility index (Phi) is 16.3. The quantitative estimate of drug-likeness (QED) is 0.0301. The highest BCUT2D eigenvalue weighted by Gasteiger charge is 2.25. The van der Waals surface area contributed by atoms with Crippen molar-refractivity contribution in [3.63, 3.8) is 0 Å². The predicted molar refractivity (Wildman–Crippen MR) is 283 cm³/mol. The largest absolute Gasteiger partial charge is 0.504 e. The third kappa shape index (κ3) is 13.3. The molecule has 12 heteroatoms. The van der Waals surface area contributed by atoms with Gasteiger partial charge in [0.25, 0.3) is 0 Å². The van der Waals surface area contributed by atoms with E-state index >= 15 is 0 Å². The molecule has 2 atom stereocenters. The minimum absolute atomic E-state index is 0.0655. The number of aryl methyl sites for hydroxylation is 9. The average Bonchev–Trinajstić information content (AvgIpc) is 3.39. The zero-order valence-electron chi connectivity index (χ0n) is 40.9. The van der Waals surface area contributed by atoms with E-state index in [-0.39, 0.29) is 57.8 Å². The summed E-state index contributed by atoms with van der Waals surface area (Å²) < 4.78 is 0. The van der Waals surface area contributed by atoms with Gasteiger partial charge in [0, 0.05) is 0 Å². The Morgan fingerprint density at radius 2 is 0.446 bits per heavy atom. The second-order valence-electron chi connectivity index (χ2n) is 19.4. The number of phenolic OH excluding ortho intramolecular Hbond substituents is 12. The minimum Gasteiger partial charge on any atom is -0.504 e. The van der Waals surface area contributed by atoms with Gasteiger partial charge >= 0.3 is 0 Å². The molecule has 0 heterocycles. The van der Waals surface area contributed by atoms with Crippen LogP contribution in [0, 0.1) is 5.92 Å². The molecule has 382 valence electrons. The molecule has 8 aromatic rings. The molecule has 0 aromatic heterocycles. The first-order chi connectivity index (χ1) is 35.5. The van der Waals surface area contributed by atoms with Crippen LogP contribution in [0.15, 0.2) is 146 Å². The number of rotatable bonds is 21. The van der Waals surface area contributed by atoms with E-state index in [1.165, 1.54) is 65.2 Å². The van der Waals surface area contributed by atoms with Gasteiger partial charge in [0.1, 0.15) is 0 Å². The van der Waals surface area contributed by atoms with Crippen molar-refractivity contribution in [1.29, 1.82) is 0 Å². The fraction of sp³-hybridized carbons (Fsp3) is 0.226. The summed E-state index contributed by atoms with van der Waals surface area (Å²) >= 11 is 0. The van der Waals surface area contributed by atoms with Gasteiger partial charge in [0.15, 0.2) is 69.0 Å². The van der Waals surface area contributed by atoms with Crippen LogP contribution >= 0.6 is 0 Å². The van der Waals surface area contributed by atoms with Gasteiger partial charge in [-0.15, -0.1) is 0 Å². The van der Waals surface area contributed by atoms with E-state index in [0.29, 0.717) is 73.6 Å². The van der Waals surface area contributed by atoms with Crippen molar-refractivity contribution in [2.75, 3.05) is 0 Å². The lowest BCUT2D eigenvalue weighted by atomic mass is 9.75. The van der Waals surface area contributed by atoms with Crippen LogP contribution in [0.2, 0.25) is 0 Å². The van der Waals surface area contributed by atoms with Crippen LogP contribution in [0.1, 0.15) is 79.1 Å². The maximum atomic E-state index is 10.1. The van der Waals surface area contributed by atoms with E-state index in [1.807, 2.05) is 0 Å². The molecule has 74 heavy (non-hydrogen) atoms. The fourth-order valence-electron chi connectivity index (χ4n) is 9.77. The van der Waals surface area contributed by atoms with Gasteiger partial charge in [-0.05, 0) is 204 Å². The lowest BCUT2D eigenvalue weighted by Gasteiger charge is -2.29. The molecule has 0 radical (unpaired) electrons. The van der Waals surface area contributed by atoms with E-state index in [1.54, 1.807) is 0 Å². The molecular formula is C62H62O12. The van der Waals surface area contributed by atoms with Crippen LogP contribution in [0.4, 0.5) is 0 Å². The summed E-state index contributed by atoms with van der Waals surface area (Å²) in [7, 11) is 0. The molecule has 0 spiro atoms. The second kappa shape index (κ2) is 23.3. The molecule has 0 saturated carbocycles. The Morgan fingerprint density at radius 3 is 0.730 bits per heavy atom. The maximum absolute atomic E-state index is 10.1. The lowest BCUT2D eigenvalue weighted by Crippen LogP contribution is -2.19. The summed E-state index contributed by atoms with van der Waals surface area (Å²) in [6, 6.07) is 45.9. The van der Waals surface area contributed by atoms with Crippen molar-refractivity contribution in [3.05, 3.63) is 212 Å². The van der Waals surface area contributed by atoms with E-state index in [0.717, 1.165) is 53.5 Å². The molecule has 0 unspecified atom stereocenters. The monoisotopic (exact) mass is 998 g/mol. The summed E-state index contributed by atoms with van der Waals surface area (Å²) in [5.41, 5.74) is 11.8. The van der Waals surface area contributed by atoms with Crippen molar-refractivity contribution in [2.24, 2.45) is 5.92 Å². The molecule has 0 aliphatic rings. The molecule has 0 saturated heterocycles. The molecular weight excluding hydrogens is 937 g/mol. The van der Waals surface area contributed by atoms with Crippen LogP contribution in [0.3, 0.4) is 0 Å². The highest BCUT2D eigenvalue weighted by molar-refractivity contribution is 5.54. The van der Waals surface area contributed by atoms with E-state index < -0.39 is 23.0 Å². The van der Waals surface area contributed by atoms with Gasteiger partial charge in [0.2, 0.25) is 0 Å². The van der Waals surface area contributed by atoms with Crippen molar-refractivity contribution >= 4 is 0 Å². The minimum atomic E-state index is -0.542. The normalized spacial score (nSPS) is 12.2. The summed E-state index contributed by atoms with van der Waals surface area (Å²) in [4.78, 5) is 0. The third-order valence-corrected chi connectivity index (χ3v) is 14.1. The summed E-state index contributed by atoms with van der Waals surface area (Å²) in [6.45, 7) is 0. The van der Waals surface area contributed by atoms with Crippen molar-refractivity contribution in [3.8, 4) is 69.0 Å². The summed E-state index contributed by atoms with van der Waals surface area (Å²) in [5.74, 6) is -4.84. The molecule has 0 aliphatic heterocycles. The summed E-state index contributed by atoms with van der Waals surface area (Å²) in [5, 5.41) is 120. The first kappa shape index (κ1) is 51.7. The molecule has 0 fully saturated rings. The first-order valence-electron chi connectivity index (χ1n) is 24.8. The van der Waals surface area contributed by atoms with Gasteiger partial charge in [-0.25, -0.2) is 0 Å². The Morgan fingerprint density at radius 1 is 0.230 bits per heavy atom. The number of hydrogen-bond acceptors (Lipinski definition) is 12. The molecule has 8 aromatic carbocycles. The molecule has 0 bridgehead atoms. The SMILES string of the molecule is Oc1cc(CCc2ccc(CC[C@H](Cc3ccc(CCc4cc(O)c(O)c(O)c4)cc3)[C@@H](Cc3ccc(CCc4cc(O)c(O)c(O)c4)cc3)c3ccc(CCc4cc(O)c(O)c(O)c4)cc3)cc2)cc(O)c1O. The smallest absolute Gasteiger partial charge is 0.200 e. The van der Waals surface area contributed by atoms with E-state index in [4.69, 9.17) is 0 Å². The third-order valence-electron chi connectivity index (χ3n) is 14.1. The van der Waals surface area contributed by atoms with Crippen LogP contribution in [0.5, 0.6) is 69.0 Å². The fourth-order valence-corrected chi connectivity index (χ4v) is 9.77. The Bertz CT molecular complexity index is 3090. The van der Waals surface area contributed by atoms with Gasteiger partial charge in [-0.3, -0.25) is 0 Å². The van der Waals surface area contributed by atoms with Gasteiger partial charge in [0.05, 0.1) is 0 Å². The highest BCUT2D eigenvalue weighted by Crippen LogP contribution is 2.40. The van der Waals surface area contributed by atoms with E-state index in [9.17, 15) is 61.3 Å². The van der Waals surface area contributed by atoms with Gasteiger partial charge in [-0.1, -0.05) is 97.1 Å². The maximum Gasteiger partial charge on any atom is 0.200 e. The van der Waals surface area contributed by atoms with Crippen LogP contribution in [0.25, 0.3) is 0 Å². The number of phenols is 12. The van der Waals surface area contributed by atoms with E-state index in [2.05, 4.69) is 97.1 Å². The Labute approximate surface area is 429 Å². The molecule has 0 aliphatic carbocycles. The average molecular weight is 999 g/mol. The van der Waals surface area contributed by atoms with Crippen molar-refractivity contribution in [1.82, 2.24) is 0 Å². The predicted octanol–water partition coefficient (Wildman–Crippen LogP) is 11.1.